The van der Waals surface area contributed by atoms with E-state index >= 15 is 0 Å². The Morgan fingerprint density at radius 3 is 2.96 bits per heavy atom. The average molecular weight is 380 g/mol. The number of aryl methyl sites for hydroxylation is 1. The van der Waals surface area contributed by atoms with E-state index in [1.54, 1.807) is 6.92 Å². The van der Waals surface area contributed by atoms with E-state index in [0.29, 0.717) is 12.5 Å². The molecule has 2 aromatic rings. The summed E-state index contributed by atoms with van der Waals surface area (Å²) in [6, 6.07) is 0. The van der Waals surface area contributed by atoms with E-state index in [1.807, 2.05) is 22.8 Å². The van der Waals surface area contributed by atoms with Crippen molar-refractivity contribution in [2.75, 3.05) is 24.5 Å². The molecule has 28 heavy (non-hydrogen) atoms. The van der Waals surface area contributed by atoms with Crippen molar-refractivity contribution in [3.05, 3.63) is 47.4 Å². The third kappa shape index (κ3) is 3.74. The molecule has 0 fully saturated rings. The molecule has 7 nitrogen and oxygen atoms in total. The summed E-state index contributed by atoms with van der Waals surface area (Å²) >= 11 is 0. The highest BCUT2D eigenvalue weighted by Gasteiger charge is 2.26. The van der Waals surface area contributed by atoms with Crippen LogP contribution >= 0.6 is 0 Å². The van der Waals surface area contributed by atoms with Crippen LogP contribution in [0.3, 0.4) is 0 Å². The smallest absolute Gasteiger partial charge is 0.219 e. The highest BCUT2D eigenvalue weighted by atomic mass is 16.2. The molecule has 1 N–H and O–H groups in total. The maximum Gasteiger partial charge on any atom is 0.219 e. The monoisotopic (exact) mass is 380 g/mol. The normalized spacial score (nSPS) is 23.2. The van der Waals surface area contributed by atoms with E-state index in [4.69, 9.17) is 0 Å². The highest BCUT2D eigenvalue weighted by Crippen LogP contribution is 2.29. The van der Waals surface area contributed by atoms with Gasteiger partial charge in [-0.15, -0.1) is 0 Å². The van der Waals surface area contributed by atoms with Gasteiger partial charge in [0.25, 0.3) is 0 Å². The lowest BCUT2D eigenvalue weighted by atomic mass is 10.0. The first kappa shape index (κ1) is 18.5. The molecular weight excluding hydrogens is 352 g/mol. The third-order valence-electron chi connectivity index (χ3n) is 5.59. The Balaban J connectivity index is 1.58. The molecule has 1 atom stereocenters. The van der Waals surface area contributed by atoms with Gasteiger partial charge in [-0.2, -0.15) is 10.2 Å². The quantitative estimate of drug-likeness (QED) is 0.869. The van der Waals surface area contributed by atoms with Crippen molar-refractivity contribution >= 4 is 17.3 Å². The number of H-pyrrole nitrogens is 1. The zero-order valence-corrected chi connectivity index (χ0v) is 16.9. The molecule has 1 amide bonds. The summed E-state index contributed by atoms with van der Waals surface area (Å²) in [5.41, 5.74) is 4.70. The molecule has 2 aliphatic heterocycles. The molecule has 0 spiro atoms. The van der Waals surface area contributed by atoms with Gasteiger partial charge in [0.1, 0.15) is 0 Å². The number of nitrogens with one attached hydrogen (secondary N) is 1. The van der Waals surface area contributed by atoms with Gasteiger partial charge in [0, 0.05) is 63.0 Å². The first-order valence-corrected chi connectivity index (χ1v) is 9.93. The first-order chi connectivity index (χ1) is 13.5. The van der Waals surface area contributed by atoms with Crippen LogP contribution in [0.1, 0.15) is 37.1 Å². The van der Waals surface area contributed by atoms with Crippen molar-refractivity contribution in [1.82, 2.24) is 24.9 Å². The summed E-state index contributed by atoms with van der Waals surface area (Å²) in [7, 11) is 1.94. The largest absolute Gasteiger partial charge is 0.351 e. The zero-order valence-electron chi connectivity index (χ0n) is 16.9. The molecule has 0 saturated heterocycles. The molecular formula is C21H28N6O. The van der Waals surface area contributed by atoms with E-state index < -0.39 is 0 Å². The van der Waals surface area contributed by atoms with E-state index in [0.717, 1.165) is 49.6 Å². The number of nitrogens with zero attached hydrogens (tertiary/aromatic N) is 5. The van der Waals surface area contributed by atoms with Crippen LogP contribution in [0.15, 0.2) is 30.6 Å². The van der Waals surface area contributed by atoms with Gasteiger partial charge < -0.3 is 9.80 Å². The number of hydrogen-bond donors (Lipinski definition) is 1. The highest BCUT2D eigenvalue weighted by molar-refractivity contribution is 5.74. The number of amides is 1. The minimum Gasteiger partial charge on any atom is -0.351 e. The van der Waals surface area contributed by atoms with Crippen LogP contribution < -0.4 is 4.90 Å². The Labute approximate surface area is 165 Å². The van der Waals surface area contributed by atoms with E-state index in [1.165, 1.54) is 11.1 Å². The van der Waals surface area contributed by atoms with Crippen LogP contribution in [0.2, 0.25) is 0 Å². The van der Waals surface area contributed by atoms with Crippen LogP contribution in [-0.2, 0) is 24.8 Å². The fraction of sp³-hybridized carbons (Fsp3) is 0.476. The van der Waals surface area contributed by atoms with Gasteiger partial charge in [0.2, 0.25) is 5.91 Å². The number of allylic oxidation sites excluding steroid dienone is 3. The molecule has 0 bridgehead atoms. The summed E-state index contributed by atoms with van der Waals surface area (Å²) in [6.07, 6.45) is 12.5. The Kier molecular flexibility index (Phi) is 5.07. The molecule has 7 heteroatoms. The Morgan fingerprint density at radius 2 is 2.21 bits per heavy atom. The number of hydrogen-bond acceptors (Lipinski definition) is 4. The van der Waals surface area contributed by atoms with Crippen LogP contribution in [0.4, 0.5) is 5.82 Å². The van der Waals surface area contributed by atoms with Gasteiger partial charge in [0.15, 0.2) is 5.82 Å². The Bertz CT molecular complexity index is 921. The summed E-state index contributed by atoms with van der Waals surface area (Å²) < 4.78 is 1.84. The van der Waals surface area contributed by atoms with Crippen LogP contribution in [0.5, 0.6) is 0 Å². The second-order valence-electron chi connectivity index (χ2n) is 7.91. The molecule has 148 valence electrons. The molecule has 2 aromatic heterocycles. The number of aromatic nitrogens is 4. The fourth-order valence-corrected chi connectivity index (χ4v) is 4.00. The molecule has 0 saturated carbocycles. The van der Waals surface area contributed by atoms with Crippen molar-refractivity contribution in [3.8, 4) is 0 Å². The average Bonchev–Trinajstić information content (AvgIpc) is 3.29. The van der Waals surface area contributed by atoms with Crippen LogP contribution in [-0.4, -0.2) is 50.4 Å². The van der Waals surface area contributed by atoms with Gasteiger partial charge >= 0.3 is 0 Å². The molecule has 0 radical (unpaired) electrons. The minimum absolute atomic E-state index is 0.126. The Hall–Kier alpha value is -2.83. The van der Waals surface area contributed by atoms with Gasteiger partial charge in [-0.05, 0) is 17.9 Å². The number of anilines is 1. The maximum atomic E-state index is 11.8. The van der Waals surface area contributed by atoms with Crippen LogP contribution in [0.25, 0.3) is 5.57 Å². The molecule has 0 unspecified atom stereocenters. The van der Waals surface area contributed by atoms with E-state index in [2.05, 4.69) is 51.5 Å². The van der Waals surface area contributed by atoms with Crippen molar-refractivity contribution in [1.29, 1.82) is 0 Å². The zero-order chi connectivity index (χ0) is 19.7. The number of fused-ring (bicyclic) bond motifs is 1. The predicted octanol–water partition coefficient (Wildman–Crippen LogP) is 2.53. The van der Waals surface area contributed by atoms with Gasteiger partial charge in [0.05, 0.1) is 12.7 Å². The number of rotatable bonds is 2. The molecule has 0 aromatic carbocycles. The first-order valence-electron chi connectivity index (χ1n) is 9.93. The standard InChI is InChI=1S/C21H28N6O/c1-15-6-7-17(18-11-22-25(3)13-18)5-4-9-27(12-15)21-19-14-26(16(2)28)10-8-20(19)23-24-21/h4-5,7,11,13,15H,6,8-10,12,14H2,1-3H3,(H,23,24)/b5-4-,17-7+/t15-/m1/s1. The fourth-order valence-electron chi connectivity index (χ4n) is 4.00. The molecule has 4 rings (SSSR count). The SMILES string of the molecule is CC(=O)N1CCc2[nH]nc(N3C/C=C\C(c4cnn(C)c4)=C/C[C@@H](C)C3)c2C1. The summed E-state index contributed by atoms with van der Waals surface area (Å²) in [5, 5.41) is 12.1. The third-order valence-corrected chi connectivity index (χ3v) is 5.59. The summed E-state index contributed by atoms with van der Waals surface area (Å²) in [6.45, 7) is 7.04. The molecule has 0 aliphatic carbocycles. The van der Waals surface area contributed by atoms with Gasteiger partial charge in [-0.3, -0.25) is 14.6 Å². The molecule has 2 aliphatic rings. The Morgan fingerprint density at radius 1 is 1.36 bits per heavy atom. The van der Waals surface area contributed by atoms with Crippen molar-refractivity contribution < 1.29 is 4.79 Å². The van der Waals surface area contributed by atoms with Crippen molar-refractivity contribution in [3.63, 3.8) is 0 Å². The van der Waals surface area contributed by atoms with Gasteiger partial charge in [-0.1, -0.05) is 25.2 Å². The maximum absolute atomic E-state index is 11.8. The van der Waals surface area contributed by atoms with Crippen molar-refractivity contribution in [2.24, 2.45) is 13.0 Å². The second kappa shape index (κ2) is 7.66. The number of carbonyl (C=O) groups is 1. The predicted molar refractivity (Wildman–Crippen MR) is 110 cm³/mol. The lowest BCUT2D eigenvalue weighted by Gasteiger charge is -2.29. The minimum atomic E-state index is 0.126. The summed E-state index contributed by atoms with van der Waals surface area (Å²) in [5.74, 6) is 1.61. The van der Waals surface area contributed by atoms with Crippen molar-refractivity contribution in [2.45, 2.75) is 33.2 Å². The lowest BCUT2D eigenvalue weighted by molar-refractivity contribution is -0.129. The topological polar surface area (TPSA) is 70.1 Å². The second-order valence-corrected chi connectivity index (χ2v) is 7.91. The number of carbonyl (C=O) groups excluding carboxylic acids is 1. The van der Waals surface area contributed by atoms with Gasteiger partial charge in [-0.25, -0.2) is 0 Å². The summed E-state index contributed by atoms with van der Waals surface area (Å²) in [4.78, 5) is 16.1. The lowest BCUT2D eigenvalue weighted by Crippen LogP contribution is -2.36. The molecule has 4 heterocycles. The number of aromatic amines is 1. The van der Waals surface area contributed by atoms with Crippen LogP contribution in [0, 0.1) is 5.92 Å². The van der Waals surface area contributed by atoms with E-state index in [9.17, 15) is 4.79 Å². The van der Waals surface area contributed by atoms with E-state index in [-0.39, 0.29) is 5.91 Å².